The highest BCUT2D eigenvalue weighted by Crippen LogP contribution is 2.30. The average molecular weight is 479 g/mol. The number of hydrogen-bond donors (Lipinski definition) is 0. The van der Waals surface area contributed by atoms with Crippen molar-refractivity contribution in [1.29, 1.82) is 0 Å². The Hall–Kier alpha value is -3.04. The Kier molecular flexibility index (Phi) is 6.90. The number of aromatic nitrogens is 2. The second-order valence-electron chi connectivity index (χ2n) is 7.69. The smallest absolute Gasteiger partial charge is 0.416 e. The van der Waals surface area contributed by atoms with Gasteiger partial charge in [-0.3, -0.25) is 9.69 Å². The number of carbonyl (C=O) groups is 1. The van der Waals surface area contributed by atoms with E-state index in [1.807, 2.05) is 4.90 Å². The van der Waals surface area contributed by atoms with Crippen molar-refractivity contribution < 1.29 is 22.7 Å². The minimum Gasteiger partial charge on any atom is -0.470 e. The molecule has 1 aromatic heterocycles. The van der Waals surface area contributed by atoms with Crippen LogP contribution >= 0.6 is 11.6 Å². The van der Waals surface area contributed by atoms with Crippen molar-refractivity contribution in [3.05, 3.63) is 82.6 Å². The second-order valence-corrected chi connectivity index (χ2v) is 8.09. The maximum atomic E-state index is 13.0. The molecule has 1 amide bonds. The van der Waals surface area contributed by atoms with Gasteiger partial charge in [0.2, 0.25) is 0 Å². The van der Waals surface area contributed by atoms with E-state index >= 15 is 0 Å². The number of amides is 1. The number of piperazine rings is 1. The topological polar surface area (TPSA) is 50.6 Å². The molecule has 2 heterocycles. The number of para-hydroxylation sites is 1. The lowest BCUT2D eigenvalue weighted by atomic mass is 10.1. The Morgan fingerprint density at radius 1 is 1.03 bits per heavy atom. The van der Waals surface area contributed by atoms with Gasteiger partial charge in [-0.1, -0.05) is 41.9 Å². The van der Waals surface area contributed by atoms with Gasteiger partial charge < -0.3 is 9.64 Å². The van der Waals surface area contributed by atoms with E-state index in [0.717, 1.165) is 6.07 Å². The fourth-order valence-corrected chi connectivity index (χ4v) is 3.88. The zero-order valence-corrected chi connectivity index (χ0v) is 18.4. The molecule has 1 aliphatic heterocycles. The Morgan fingerprint density at radius 2 is 1.79 bits per heavy atom. The number of nitrogens with zero attached hydrogens (tertiary/aromatic N) is 4. The van der Waals surface area contributed by atoms with E-state index in [1.54, 1.807) is 41.3 Å². The van der Waals surface area contributed by atoms with Crippen molar-refractivity contribution in [2.45, 2.75) is 19.5 Å². The molecule has 33 heavy (non-hydrogen) atoms. The largest absolute Gasteiger partial charge is 0.470 e. The molecule has 1 fully saturated rings. The third kappa shape index (κ3) is 5.66. The Balaban J connectivity index is 1.33. The minimum absolute atomic E-state index is 0.0350. The maximum absolute atomic E-state index is 13.0. The average Bonchev–Trinajstić information content (AvgIpc) is 3.27. The number of benzene rings is 2. The molecule has 10 heteroatoms. The SMILES string of the molecule is O=C(c1ccnn1COc1ccccc1Cl)N1CCN(Cc2cccc(C(F)(F)F)c2)CC1. The van der Waals surface area contributed by atoms with Gasteiger partial charge in [-0.05, 0) is 29.8 Å². The fourth-order valence-electron chi connectivity index (χ4n) is 3.68. The summed E-state index contributed by atoms with van der Waals surface area (Å²) in [5.41, 5.74) is 0.342. The molecule has 3 aromatic rings. The monoisotopic (exact) mass is 478 g/mol. The van der Waals surface area contributed by atoms with Gasteiger partial charge in [-0.15, -0.1) is 0 Å². The van der Waals surface area contributed by atoms with E-state index in [-0.39, 0.29) is 12.6 Å². The van der Waals surface area contributed by atoms with Crippen molar-refractivity contribution in [1.82, 2.24) is 19.6 Å². The summed E-state index contributed by atoms with van der Waals surface area (Å²) in [4.78, 5) is 16.8. The van der Waals surface area contributed by atoms with Crippen molar-refractivity contribution >= 4 is 17.5 Å². The molecule has 4 rings (SSSR count). The summed E-state index contributed by atoms with van der Waals surface area (Å²) in [6.45, 7) is 2.49. The molecule has 0 spiro atoms. The molecule has 0 radical (unpaired) electrons. The first kappa shape index (κ1) is 23.1. The number of hydrogen-bond acceptors (Lipinski definition) is 4. The fraction of sp³-hybridized carbons (Fsp3) is 0.304. The summed E-state index contributed by atoms with van der Waals surface area (Å²) >= 11 is 6.10. The lowest BCUT2D eigenvalue weighted by Crippen LogP contribution is -2.48. The molecule has 0 aliphatic carbocycles. The van der Waals surface area contributed by atoms with Crippen LogP contribution in [-0.4, -0.2) is 51.7 Å². The lowest BCUT2D eigenvalue weighted by molar-refractivity contribution is -0.137. The highest BCUT2D eigenvalue weighted by Gasteiger charge is 2.31. The van der Waals surface area contributed by atoms with Crippen molar-refractivity contribution in [3.8, 4) is 5.75 Å². The molecule has 0 unspecified atom stereocenters. The van der Waals surface area contributed by atoms with Gasteiger partial charge in [0.15, 0.2) is 6.73 Å². The first-order valence-electron chi connectivity index (χ1n) is 10.4. The zero-order valence-electron chi connectivity index (χ0n) is 17.6. The first-order valence-corrected chi connectivity index (χ1v) is 10.8. The van der Waals surface area contributed by atoms with Crippen LogP contribution in [0.1, 0.15) is 21.6 Å². The van der Waals surface area contributed by atoms with Crippen LogP contribution in [0.4, 0.5) is 13.2 Å². The molecule has 0 saturated carbocycles. The van der Waals surface area contributed by atoms with Crippen LogP contribution < -0.4 is 4.74 Å². The summed E-state index contributed by atoms with van der Waals surface area (Å²) in [7, 11) is 0. The second kappa shape index (κ2) is 9.84. The number of ether oxygens (including phenoxy) is 1. The van der Waals surface area contributed by atoms with Crippen LogP contribution in [0.25, 0.3) is 0 Å². The van der Waals surface area contributed by atoms with Gasteiger partial charge in [0.05, 0.1) is 10.6 Å². The van der Waals surface area contributed by atoms with Gasteiger partial charge in [-0.2, -0.15) is 18.3 Å². The van der Waals surface area contributed by atoms with E-state index in [0.29, 0.717) is 54.8 Å². The standard InChI is InChI=1S/C23H22ClF3N4O2/c24-19-6-1-2-7-21(19)33-16-31-20(8-9-28-31)22(32)30-12-10-29(11-13-30)15-17-4-3-5-18(14-17)23(25,26)27/h1-9,14H,10-13,15-16H2. The van der Waals surface area contributed by atoms with Crippen LogP contribution in [-0.2, 0) is 19.5 Å². The summed E-state index contributed by atoms with van der Waals surface area (Å²) in [5.74, 6) is 0.324. The molecule has 1 saturated heterocycles. The Bertz CT molecular complexity index is 1110. The Morgan fingerprint density at radius 3 is 2.52 bits per heavy atom. The predicted octanol–water partition coefficient (Wildman–Crippen LogP) is 4.55. The van der Waals surface area contributed by atoms with Gasteiger partial charge in [0.1, 0.15) is 11.4 Å². The summed E-state index contributed by atoms with van der Waals surface area (Å²) in [6.07, 6.45) is -2.83. The number of alkyl halides is 3. The predicted molar refractivity (Wildman–Crippen MR) is 117 cm³/mol. The molecule has 0 bridgehead atoms. The third-order valence-electron chi connectivity index (χ3n) is 5.43. The molecule has 2 aromatic carbocycles. The molecule has 0 atom stereocenters. The van der Waals surface area contributed by atoms with Gasteiger partial charge in [-0.25, -0.2) is 4.68 Å². The van der Waals surface area contributed by atoms with Crippen molar-refractivity contribution in [2.75, 3.05) is 26.2 Å². The van der Waals surface area contributed by atoms with Crippen LogP contribution in [0.3, 0.4) is 0 Å². The van der Waals surface area contributed by atoms with Crippen LogP contribution in [0.15, 0.2) is 60.8 Å². The van der Waals surface area contributed by atoms with E-state index in [9.17, 15) is 18.0 Å². The molecule has 6 nitrogen and oxygen atoms in total. The Labute approximate surface area is 194 Å². The van der Waals surface area contributed by atoms with E-state index in [1.165, 1.54) is 23.0 Å². The van der Waals surface area contributed by atoms with Crippen LogP contribution in [0.2, 0.25) is 5.02 Å². The molecule has 174 valence electrons. The van der Waals surface area contributed by atoms with Crippen molar-refractivity contribution in [3.63, 3.8) is 0 Å². The molecular formula is C23H22ClF3N4O2. The quantitative estimate of drug-likeness (QED) is 0.521. The van der Waals surface area contributed by atoms with E-state index in [4.69, 9.17) is 16.3 Å². The number of carbonyl (C=O) groups excluding carboxylic acids is 1. The molecular weight excluding hydrogens is 457 g/mol. The van der Waals surface area contributed by atoms with Gasteiger partial charge >= 0.3 is 6.18 Å². The summed E-state index contributed by atoms with van der Waals surface area (Å²) in [6, 6.07) is 14.0. The van der Waals surface area contributed by atoms with Crippen LogP contribution in [0.5, 0.6) is 5.75 Å². The normalized spacial score (nSPS) is 15.0. The first-order chi connectivity index (χ1) is 15.8. The van der Waals surface area contributed by atoms with Gasteiger partial charge in [0, 0.05) is 38.9 Å². The number of rotatable bonds is 6. The summed E-state index contributed by atoms with van der Waals surface area (Å²) in [5, 5.41) is 4.64. The van der Waals surface area contributed by atoms with E-state index < -0.39 is 11.7 Å². The maximum Gasteiger partial charge on any atom is 0.416 e. The molecule has 0 N–H and O–H groups in total. The lowest BCUT2D eigenvalue weighted by Gasteiger charge is -2.34. The molecule has 1 aliphatic rings. The van der Waals surface area contributed by atoms with Crippen molar-refractivity contribution in [2.24, 2.45) is 0 Å². The third-order valence-corrected chi connectivity index (χ3v) is 5.75. The van der Waals surface area contributed by atoms with Crippen LogP contribution in [0, 0.1) is 0 Å². The summed E-state index contributed by atoms with van der Waals surface area (Å²) < 4.78 is 46.0. The zero-order chi connectivity index (χ0) is 23.4. The minimum atomic E-state index is -4.36. The van der Waals surface area contributed by atoms with E-state index in [2.05, 4.69) is 5.10 Å². The highest BCUT2D eigenvalue weighted by atomic mass is 35.5. The van der Waals surface area contributed by atoms with Gasteiger partial charge in [0.25, 0.3) is 5.91 Å². The highest BCUT2D eigenvalue weighted by molar-refractivity contribution is 6.32. The number of halogens is 4.